The molecule has 3 nitrogen and oxygen atoms in total. The molecule has 0 aliphatic heterocycles. The second-order valence-corrected chi connectivity index (χ2v) is 5.62. The number of nitrogens with zero attached hydrogens (tertiary/aromatic N) is 2. The van der Waals surface area contributed by atoms with Gasteiger partial charge in [-0.15, -0.1) is 0 Å². The molecule has 0 fully saturated rings. The van der Waals surface area contributed by atoms with E-state index >= 15 is 0 Å². The summed E-state index contributed by atoms with van der Waals surface area (Å²) in [6.07, 6.45) is 0. The van der Waals surface area contributed by atoms with Crippen molar-refractivity contribution in [1.29, 1.82) is 0 Å². The number of aryl methyl sites for hydroxylation is 3. The van der Waals surface area contributed by atoms with Gasteiger partial charge in [-0.3, -0.25) is 0 Å². The third-order valence-corrected chi connectivity index (χ3v) is 3.57. The first kappa shape index (κ1) is 14.5. The number of nitrogens with one attached hydrogen (secondary N) is 1. The van der Waals surface area contributed by atoms with E-state index < -0.39 is 0 Å². The third-order valence-electron chi connectivity index (χ3n) is 3.57. The van der Waals surface area contributed by atoms with Crippen molar-refractivity contribution in [2.45, 2.75) is 40.5 Å². The fourth-order valence-electron chi connectivity index (χ4n) is 2.65. The fraction of sp³-hybridized carbons (Fsp3) is 0.412. The normalized spacial score (nSPS) is 10.9. The summed E-state index contributed by atoms with van der Waals surface area (Å²) in [5.41, 5.74) is 5.82. The molecule has 0 unspecified atom stereocenters. The smallest absolute Gasteiger partial charge is 0.162 e. The zero-order valence-electron chi connectivity index (χ0n) is 13.2. The van der Waals surface area contributed by atoms with Crippen LogP contribution in [0.15, 0.2) is 18.2 Å². The van der Waals surface area contributed by atoms with E-state index in [4.69, 9.17) is 9.97 Å². The van der Waals surface area contributed by atoms with Crippen LogP contribution in [0.25, 0.3) is 11.4 Å². The van der Waals surface area contributed by atoms with E-state index in [1.165, 1.54) is 16.7 Å². The Morgan fingerprint density at radius 3 is 2.30 bits per heavy atom. The molecule has 1 N–H and O–H groups in total. The summed E-state index contributed by atoms with van der Waals surface area (Å²) >= 11 is 0. The predicted octanol–water partition coefficient (Wildman–Crippen LogP) is 4.23. The van der Waals surface area contributed by atoms with Gasteiger partial charge < -0.3 is 5.32 Å². The first-order chi connectivity index (χ1) is 9.43. The van der Waals surface area contributed by atoms with Crippen molar-refractivity contribution in [3.05, 3.63) is 40.6 Å². The Morgan fingerprint density at radius 1 is 1.05 bits per heavy atom. The molecule has 2 aromatic rings. The summed E-state index contributed by atoms with van der Waals surface area (Å²) in [4.78, 5) is 9.42. The standard InChI is InChI=1S/C17H23N3/c1-10(2)15-13(5)19-16(20-17(15)18-6)14-8-7-11(3)9-12(14)4/h7-10H,1-6H3,(H,18,19,20). The highest BCUT2D eigenvalue weighted by molar-refractivity contribution is 5.64. The number of aromatic nitrogens is 2. The van der Waals surface area contributed by atoms with Gasteiger partial charge in [0.25, 0.3) is 0 Å². The molecule has 0 amide bonds. The minimum absolute atomic E-state index is 0.408. The van der Waals surface area contributed by atoms with Crippen molar-refractivity contribution in [2.75, 3.05) is 12.4 Å². The molecule has 0 spiro atoms. The zero-order chi connectivity index (χ0) is 14.9. The molecular weight excluding hydrogens is 246 g/mol. The van der Waals surface area contributed by atoms with E-state index in [9.17, 15) is 0 Å². The number of anilines is 1. The molecule has 1 aromatic heterocycles. The lowest BCUT2D eigenvalue weighted by molar-refractivity contribution is 0.833. The van der Waals surface area contributed by atoms with Crippen molar-refractivity contribution < 1.29 is 0 Å². The summed E-state index contributed by atoms with van der Waals surface area (Å²) in [6, 6.07) is 6.38. The van der Waals surface area contributed by atoms with E-state index in [2.05, 4.69) is 58.1 Å². The summed E-state index contributed by atoms with van der Waals surface area (Å²) < 4.78 is 0. The fourth-order valence-corrected chi connectivity index (χ4v) is 2.65. The molecule has 1 heterocycles. The number of hydrogen-bond acceptors (Lipinski definition) is 3. The average molecular weight is 269 g/mol. The van der Waals surface area contributed by atoms with Crippen LogP contribution in [0, 0.1) is 20.8 Å². The van der Waals surface area contributed by atoms with E-state index in [-0.39, 0.29) is 0 Å². The summed E-state index contributed by atoms with van der Waals surface area (Å²) in [5, 5.41) is 3.21. The highest BCUT2D eigenvalue weighted by Gasteiger charge is 2.15. The van der Waals surface area contributed by atoms with E-state index in [0.717, 1.165) is 22.9 Å². The molecule has 0 aliphatic carbocycles. The van der Waals surface area contributed by atoms with Gasteiger partial charge in [0.1, 0.15) is 5.82 Å². The number of rotatable bonds is 3. The van der Waals surface area contributed by atoms with Crippen LogP contribution in [0.5, 0.6) is 0 Å². The quantitative estimate of drug-likeness (QED) is 0.906. The lowest BCUT2D eigenvalue weighted by Crippen LogP contribution is -2.07. The van der Waals surface area contributed by atoms with Gasteiger partial charge >= 0.3 is 0 Å². The molecular formula is C17H23N3. The maximum atomic E-state index is 4.71. The highest BCUT2D eigenvalue weighted by Crippen LogP contribution is 2.29. The van der Waals surface area contributed by atoms with Gasteiger partial charge in [-0.1, -0.05) is 37.6 Å². The summed E-state index contributed by atoms with van der Waals surface area (Å²) in [5.74, 6) is 2.14. The van der Waals surface area contributed by atoms with Gasteiger partial charge in [-0.2, -0.15) is 0 Å². The second-order valence-electron chi connectivity index (χ2n) is 5.62. The lowest BCUT2D eigenvalue weighted by atomic mass is 10.0. The molecule has 0 saturated carbocycles. The maximum Gasteiger partial charge on any atom is 0.162 e. The Labute approximate surface area is 121 Å². The Bertz CT molecular complexity index is 630. The first-order valence-corrected chi connectivity index (χ1v) is 7.08. The second kappa shape index (κ2) is 5.61. The summed E-state index contributed by atoms with van der Waals surface area (Å²) in [7, 11) is 1.92. The summed E-state index contributed by atoms with van der Waals surface area (Å²) in [6.45, 7) is 10.6. The molecule has 0 bridgehead atoms. The Morgan fingerprint density at radius 2 is 1.75 bits per heavy atom. The van der Waals surface area contributed by atoms with Crippen LogP contribution >= 0.6 is 0 Å². The van der Waals surface area contributed by atoms with Gasteiger partial charge in [0.15, 0.2) is 5.82 Å². The monoisotopic (exact) mass is 269 g/mol. The SMILES string of the molecule is CNc1nc(-c2ccc(C)cc2C)nc(C)c1C(C)C. The van der Waals surface area contributed by atoms with Crippen molar-refractivity contribution in [2.24, 2.45) is 0 Å². The Kier molecular flexibility index (Phi) is 4.07. The Balaban J connectivity index is 2.61. The molecule has 0 aliphatic rings. The van der Waals surface area contributed by atoms with Gasteiger partial charge in [0.2, 0.25) is 0 Å². The van der Waals surface area contributed by atoms with Gasteiger partial charge in [-0.05, 0) is 32.3 Å². The molecule has 1 aromatic carbocycles. The molecule has 2 rings (SSSR count). The van der Waals surface area contributed by atoms with Crippen LogP contribution in [0.2, 0.25) is 0 Å². The van der Waals surface area contributed by atoms with Crippen LogP contribution < -0.4 is 5.32 Å². The van der Waals surface area contributed by atoms with E-state index in [0.29, 0.717) is 5.92 Å². The van der Waals surface area contributed by atoms with E-state index in [1.807, 2.05) is 7.05 Å². The predicted molar refractivity (Wildman–Crippen MR) is 85.3 cm³/mol. The maximum absolute atomic E-state index is 4.71. The molecule has 3 heteroatoms. The van der Waals surface area contributed by atoms with Crippen LogP contribution in [0.4, 0.5) is 5.82 Å². The lowest BCUT2D eigenvalue weighted by Gasteiger charge is -2.16. The van der Waals surface area contributed by atoms with Crippen LogP contribution in [0.1, 0.15) is 42.1 Å². The van der Waals surface area contributed by atoms with Crippen molar-refractivity contribution in [1.82, 2.24) is 9.97 Å². The van der Waals surface area contributed by atoms with Crippen molar-refractivity contribution in [3.8, 4) is 11.4 Å². The minimum Gasteiger partial charge on any atom is -0.373 e. The van der Waals surface area contributed by atoms with Gasteiger partial charge in [0.05, 0.1) is 0 Å². The zero-order valence-corrected chi connectivity index (χ0v) is 13.2. The average Bonchev–Trinajstić information content (AvgIpc) is 2.37. The van der Waals surface area contributed by atoms with Crippen LogP contribution in [-0.2, 0) is 0 Å². The Hall–Kier alpha value is -1.90. The topological polar surface area (TPSA) is 37.8 Å². The molecule has 0 saturated heterocycles. The van der Waals surface area contributed by atoms with Crippen LogP contribution in [0.3, 0.4) is 0 Å². The first-order valence-electron chi connectivity index (χ1n) is 7.08. The number of benzene rings is 1. The van der Waals surface area contributed by atoms with Crippen molar-refractivity contribution >= 4 is 5.82 Å². The highest BCUT2D eigenvalue weighted by atomic mass is 15.0. The third kappa shape index (κ3) is 2.67. The van der Waals surface area contributed by atoms with Gasteiger partial charge in [-0.25, -0.2) is 9.97 Å². The van der Waals surface area contributed by atoms with Crippen molar-refractivity contribution in [3.63, 3.8) is 0 Å². The largest absolute Gasteiger partial charge is 0.373 e. The molecule has 0 radical (unpaired) electrons. The van der Waals surface area contributed by atoms with E-state index in [1.54, 1.807) is 0 Å². The molecule has 0 atom stereocenters. The van der Waals surface area contributed by atoms with Crippen LogP contribution in [-0.4, -0.2) is 17.0 Å². The molecule has 106 valence electrons. The minimum atomic E-state index is 0.408. The molecule has 20 heavy (non-hydrogen) atoms. The van der Waals surface area contributed by atoms with Gasteiger partial charge in [0, 0.05) is 23.9 Å². The number of hydrogen-bond donors (Lipinski definition) is 1.